The summed E-state index contributed by atoms with van der Waals surface area (Å²) in [5.41, 5.74) is 0.213. The van der Waals surface area contributed by atoms with Crippen molar-refractivity contribution in [2.24, 2.45) is 0 Å². The number of carbonyl (C=O) groups excluding carboxylic acids is 1. The molecule has 1 N–H and O–H groups in total. The molecule has 2 heterocycles. The van der Waals surface area contributed by atoms with Gasteiger partial charge in [0, 0.05) is 22.9 Å². The smallest absolute Gasteiger partial charge is 0.251 e. The molecule has 20 heavy (non-hydrogen) atoms. The maximum atomic E-state index is 11.9. The molecule has 0 aliphatic rings. The van der Waals surface area contributed by atoms with Crippen molar-refractivity contribution >= 4 is 27.5 Å². The van der Waals surface area contributed by atoms with Gasteiger partial charge in [-0.15, -0.1) is 0 Å². The fourth-order valence-corrected chi connectivity index (χ4v) is 2.00. The number of amides is 1. The number of rotatable bonds is 4. The number of ether oxygens (including phenoxy) is 1. The van der Waals surface area contributed by atoms with Crippen LogP contribution in [0.4, 0.5) is 5.69 Å². The molecule has 2 aromatic rings. The van der Waals surface area contributed by atoms with E-state index >= 15 is 0 Å². The van der Waals surface area contributed by atoms with Gasteiger partial charge in [0.25, 0.3) is 5.56 Å². The molecule has 0 atom stereocenters. The van der Waals surface area contributed by atoms with Gasteiger partial charge in [-0.05, 0) is 34.1 Å². The first-order valence-electron chi connectivity index (χ1n) is 5.75. The molecule has 0 unspecified atom stereocenters. The molecule has 0 aliphatic heterocycles. The molecule has 0 aromatic carbocycles. The van der Waals surface area contributed by atoms with Gasteiger partial charge in [-0.3, -0.25) is 9.59 Å². The molecule has 0 spiro atoms. The SMILES string of the molecule is COc1ncccc1NC(=O)Cn1cc(Br)ccc1=O. The zero-order valence-corrected chi connectivity index (χ0v) is 12.3. The molecular weight excluding hydrogens is 326 g/mol. The molecule has 0 aliphatic carbocycles. The fraction of sp³-hybridized carbons (Fsp3) is 0.154. The lowest BCUT2D eigenvalue weighted by Crippen LogP contribution is -2.26. The van der Waals surface area contributed by atoms with Gasteiger partial charge >= 0.3 is 0 Å². The van der Waals surface area contributed by atoms with Crippen LogP contribution in [0.15, 0.2) is 45.9 Å². The van der Waals surface area contributed by atoms with Crippen LogP contribution in [0, 0.1) is 0 Å². The van der Waals surface area contributed by atoms with E-state index in [2.05, 4.69) is 26.2 Å². The van der Waals surface area contributed by atoms with E-state index in [1.54, 1.807) is 30.6 Å². The first-order chi connectivity index (χ1) is 9.60. The predicted octanol–water partition coefficient (Wildman–Crippen LogP) is 1.65. The Bertz CT molecular complexity index is 685. The average molecular weight is 338 g/mol. The second kappa shape index (κ2) is 6.33. The van der Waals surface area contributed by atoms with E-state index < -0.39 is 0 Å². The first-order valence-corrected chi connectivity index (χ1v) is 6.54. The van der Waals surface area contributed by atoms with Gasteiger partial charge in [-0.25, -0.2) is 4.98 Å². The van der Waals surface area contributed by atoms with Crippen molar-refractivity contribution in [1.29, 1.82) is 0 Å². The van der Waals surface area contributed by atoms with Crippen LogP contribution in [0.1, 0.15) is 0 Å². The second-order valence-corrected chi connectivity index (χ2v) is 4.84. The number of hydrogen-bond acceptors (Lipinski definition) is 4. The minimum absolute atomic E-state index is 0.0870. The Hall–Kier alpha value is -2.15. The van der Waals surface area contributed by atoms with Gasteiger partial charge in [-0.2, -0.15) is 0 Å². The molecule has 7 heteroatoms. The van der Waals surface area contributed by atoms with Crippen LogP contribution in [0.25, 0.3) is 0 Å². The highest BCUT2D eigenvalue weighted by atomic mass is 79.9. The lowest BCUT2D eigenvalue weighted by Gasteiger charge is -2.09. The fourth-order valence-electron chi connectivity index (χ4n) is 1.62. The minimum atomic E-state index is -0.337. The number of hydrogen-bond donors (Lipinski definition) is 1. The monoisotopic (exact) mass is 337 g/mol. The van der Waals surface area contributed by atoms with Gasteiger partial charge in [0.2, 0.25) is 11.8 Å². The van der Waals surface area contributed by atoms with Crippen molar-refractivity contribution in [3.8, 4) is 5.88 Å². The Balaban J connectivity index is 2.13. The van der Waals surface area contributed by atoms with E-state index in [1.165, 1.54) is 17.7 Å². The zero-order valence-electron chi connectivity index (χ0n) is 10.7. The molecule has 2 aromatic heterocycles. The van der Waals surface area contributed by atoms with Gasteiger partial charge < -0.3 is 14.6 Å². The Morgan fingerprint density at radius 1 is 1.45 bits per heavy atom. The predicted molar refractivity (Wildman–Crippen MR) is 77.8 cm³/mol. The van der Waals surface area contributed by atoms with Crippen LogP contribution in [0.5, 0.6) is 5.88 Å². The van der Waals surface area contributed by atoms with Crippen molar-refractivity contribution in [1.82, 2.24) is 9.55 Å². The summed E-state index contributed by atoms with van der Waals surface area (Å²) in [6, 6.07) is 6.37. The van der Waals surface area contributed by atoms with Crippen LogP contribution < -0.4 is 15.6 Å². The summed E-state index contributed by atoms with van der Waals surface area (Å²) in [6.45, 7) is -0.0870. The number of pyridine rings is 2. The summed E-state index contributed by atoms with van der Waals surface area (Å²) >= 11 is 3.25. The topological polar surface area (TPSA) is 73.2 Å². The number of methoxy groups -OCH3 is 1. The van der Waals surface area contributed by atoms with Crippen LogP contribution in [0.3, 0.4) is 0 Å². The van der Waals surface area contributed by atoms with Gasteiger partial charge in [0.1, 0.15) is 12.2 Å². The second-order valence-electron chi connectivity index (χ2n) is 3.92. The van der Waals surface area contributed by atoms with Gasteiger partial charge in [0.15, 0.2) is 0 Å². The lowest BCUT2D eigenvalue weighted by molar-refractivity contribution is -0.116. The van der Waals surface area contributed by atoms with Gasteiger partial charge in [0.05, 0.1) is 7.11 Å². The largest absolute Gasteiger partial charge is 0.480 e. The minimum Gasteiger partial charge on any atom is -0.480 e. The summed E-state index contributed by atoms with van der Waals surface area (Å²) in [7, 11) is 1.47. The number of halogens is 1. The third-order valence-electron chi connectivity index (χ3n) is 2.50. The normalized spacial score (nSPS) is 10.1. The number of carbonyl (C=O) groups is 1. The molecule has 6 nitrogen and oxygen atoms in total. The average Bonchev–Trinajstić information content (AvgIpc) is 2.43. The molecule has 0 saturated heterocycles. The van der Waals surface area contributed by atoms with E-state index in [0.717, 1.165) is 4.47 Å². The van der Waals surface area contributed by atoms with Crippen LogP contribution in [-0.2, 0) is 11.3 Å². The lowest BCUT2D eigenvalue weighted by atomic mass is 10.4. The number of anilines is 1. The van der Waals surface area contributed by atoms with Crippen molar-refractivity contribution in [2.75, 3.05) is 12.4 Å². The highest BCUT2D eigenvalue weighted by molar-refractivity contribution is 9.10. The molecule has 2 rings (SSSR count). The zero-order chi connectivity index (χ0) is 14.5. The number of nitrogens with zero attached hydrogens (tertiary/aromatic N) is 2. The molecule has 1 amide bonds. The Morgan fingerprint density at radius 3 is 3.00 bits per heavy atom. The molecule has 0 saturated carbocycles. The molecule has 104 valence electrons. The van der Waals surface area contributed by atoms with Gasteiger partial charge in [-0.1, -0.05) is 0 Å². The van der Waals surface area contributed by atoms with Crippen LogP contribution in [-0.4, -0.2) is 22.6 Å². The Labute approximate surface area is 123 Å². The van der Waals surface area contributed by atoms with Crippen LogP contribution >= 0.6 is 15.9 Å². The van der Waals surface area contributed by atoms with E-state index in [-0.39, 0.29) is 18.0 Å². The van der Waals surface area contributed by atoms with Crippen molar-refractivity contribution in [3.05, 3.63) is 51.5 Å². The summed E-state index contributed by atoms with van der Waals surface area (Å²) in [5.74, 6) is -0.0149. The number of aromatic nitrogens is 2. The first kappa shape index (κ1) is 14.3. The molecular formula is C13H12BrN3O3. The van der Waals surface area contributed by atoms with Crippen LogP contribution in [0.2, 0.25) is 0 Å². The van der Waals surface area contributed by atoms with E-state index in [9.17, 15) is 9.59 Å². The summed E-state index contributed by atoms with van der Waals surface area (Å²) in [5, 5.41) is 2.66. The van der Waals surface area contributed by atoms with Crippen molar-refractivity contribution in [3.63, 3.8) is 0 Å². The summed E-state index contributed by atoms with van der Waals surface area (Å²) < 4.78 is 7.07. The molecule has 0 radical (unpaired) electrons. The summed E-state index contributed by atoms with van der Waals surface area (Å²) in [4.78, 5) is 27.5. The van der Waals surface area contributed by atoms with E-state index in [0.29, 0.717) is 11.6 Å². The third-order valence-corrected chi connectivity index (χ3v) is 2.97. The quantitative estimate of drug-likeness (QED) is 0.920. The van der Waals surface area contributed by atoms with Crippen molar-refractivity contribution < 1.29 is 9.53 Å². The summed E-state index contributed by atoms with van der Waals surface area (Å²) in [6.07, 6.45) is 3.12. The standard InChI is InChI=1S/C13H12BrN3O3/c1-20-13-10(3-2-6-15-13)16-11(18)8-17-7-9(14)4-5-12(17)19/h2-7H,8H2,1H3,(H,16,18). The van der Waals surface area contributed by atoms with Crippen molar-refractivity contribution in [2.45, 2.75) is 6.54 Å². The van der Waals surface area contributed by atoms with E-state index in [1.807, 2.05) is 0 Å². The highest BCUT2D eigenvalue weighted by Crippen LogP contribution is 2.19. The molecule has 0 fully saturated rings. The molecule has 0 bridgehead atoms. The Kier molecular flexibility index (Phi) is 4.52. The maximum absolute atomic E-state index is 11.9. The number of nitrogens with one attached hydrogen (secondary N) is 1. The highest BCUT2D eigenvalue weighted by Gasteiger charge is 2.09. The van der Waals surface area contributed by atoms with E-state index in [4.69, 9.17) is 4.74 Å². The Morgan fingerprint density at radius 2 is 2.25 bits per heavy atom. The maximum Gasteiger partial charge on any atom is 0.251 e. The third kappa shape index (κ3) is 3.45.